The van der Waals surface area contributed by atoms with Crippen LogP contribution in [0.5, 0.6) is 0 Å². The highest BCUT2D eigenvalue weighted by molar-refractivity contribution is 7.92. The molecule has 2 aromatic rings. The number of hydrogen-bond acceptors (Lipinski definition) is 3. The Labute approximate surface area is 181 Å². The van der Waals surface area contributed by atoms with Gasteiger partial charge in [0.2, 0.25) is 5.91 Å². The lowest BCUT2D eigenvalue weighted by Gasteiger charge is -2.29. The molecular formula is C24H34N2O3S. The van der Waals surface area contributed by atoms with Gasteiger partial charge in [-0.05, 0) is 68.0 Å². The van der Waals surface area contributed by atoms with Crippen molar-refractivity contribution < 1.29 is 13.2 Å². The summed E-state index contributed by atoms with van der Waals surface area (Å²) in [7, 11) is -3.90. The third kappa shape index (κ3) is 5.85. The van der Waals surface area contributed by atoms with E-state index in [1.807, 2.05) is 26.8 Å². The van der Waals surface area contributed by atoms with Crippen molar-refractivity contribution in [1.82, 2.24) is 5.32 Å². The lowest BCUT2D eigenvalue weighted by atomic mass is 9.93. The predicted octanol–water partition coefficient (Wildman–Crippen LogP) is 4.60. The van der Waals surface area contributed by atoms with Crippen molar-refractivity contribution in [2.45, 2.75) is 59.4 Å². The van der Waals surface area contributed by atoms with E-state index in [1.165, 1.54) is 4.31 Å². The van der Waals surface area contributed by atoms with Gasteiger partial charge in [-0.25, -0.2) is 8.42 Å². The molecule has 1 amide bonds. The first-order chi connectivity index (χ1) is 13.9. The second-order valence-electron chi connectivity index (χ2n) is 8.75. The smallest absolute Gasteiger partial charge is 0.264 e. The Hall–Kier alpha value is -2.34. The fourth-order valence-electron chi connectivity index (χ4n) is 3.71. The molecule has 1 N–H and O–H groups in total. The van der Waals surface area contributed by atoms with Crippen LogP contribution in [0.25, 0.3) is 0 Å². The minimum atomic E-state index is -3.90. The quantitative estimate of drug-likeness (QED) is 0.665. The van der Waals surface area contributed by atoms with Gasteiger partial charge in [-0.3, -0.25) is 9.10 Å². The molecule has 0 saturated carbocycles. The van der Waals surface area contributed by atoms with E-state index in [1.54, 1.807) is 36.4 Å². The van der Waals surface area contributed by atoms with E-state index in [0.29, 0.717) is 5.69 Å². The number of nitrogens with one attached hydrogen (secondary N) is 1. The first-order valence-corrected chi connectivity index (χ1v) is 11.8. The lowest BCUT2D eigenvalue weighted by Crippen LogP contribution is -2.47. The molecule has 0 saturated heterocycles. The van der Waals surface area contributed by atoms with Crippen LogP contribution in [0.3, 0.4) is 0 Å². The van der Waals surface area contributed by atoms with Crippen LogP contribution in [-0.2, 0) is 14.8 Å². The Morgan fingerprint density at radius 1 is 0.867 bits per heavy atom. The number of amides is 1. The van der Waals surface area contributed by atoms with Gasteiger partial charge in [-0.1, -0.05) is 51.5 Å². The average Bonchev–Trinajstić information content (AvgIpc) is 2.63. The Kier molecular flexibility index (Phi) is 7.70. The monoisotopic (exact) mass is 430 g/mol. The van der Waals surface area contributed by atoms with Gasteiger partial charge in [0, 0.05) is 6.04 Å². The Balaban J connectivity index is 2.46. The number of hydrogen-bond donors (Lipinski definition) is 1. The van der Waals surface area contributed by atoms with E-state index < -0.39 is 10.0 Å². The van der Waals surface area contributed by atoms with E-state index in [0.717, 1.165) is 16.7 Å². The predicted molar refractivity (Wildman–Crippen MR) is 123 cm³/mol. The molecule has 5 nitrogen and oxygen atoms in total. The van der Waals surface area contributed by atoms with Gasteiger partial charge in [0.15, 0.2) is 0 Å². The molecule has 2 aromatic carbocycles. The maximum atomic E-state index is 13.5. The van der Waals surface area contributed by atoms with Crippen molar-refractivity contribution in [3.05, 3.63) is 59.2 Å². The number of anilines is 1. The summed E-state index contributed by atoms with van der Waals surface area (Å²) in [4.78, 5) is 13.1. The molecule has 2 rings (SSSR count). The molecule has 0 heterocycles. The third-order valence-electron chi connectivity index (χ3n) is 5.15. The molecule has 164 valence electrons. The molecule has 0 fully saturated rings. The molecule has 30 heavy (non-hydrogen) atoms. The molecule has 0 unspecified atom stereocenters. The van der Waals surface area contributed by atoms with E-state index in [-0.39, 0.29) is 35.2 Å². The molecule has 6 heteroatoms. The maximum Gasteiger partial charge on any atom is 0.264 e. The molecule has 0 bridgehead atoms. The number of benzene rings is 2. The minimum Gasteiger partial charge on any atom is -0.351 e. The Bertz CT molecular complexity index is 952. The summed E-state index contributed by atoms with van der Waals surface area (Å²) in [5, 5.41) is 3.03. The first-order valence-electron chi connectivity index (χ1n) is 10.4. The highest BCUT2D eigenvalue weighted by atomic mass is 32.2. The summed E-state index contributed by atoms with van der Waals surface area (Å²) in [5.41, 5.74) is 3.35. The van der Waals surface area contributed by atoms with E-state index in [2.05, 4.69) is 33.0 Å². The summed E-state index contributed by atoms with van der Waals surface area (Å²) in [6, 6.07) is 12.3. The average molecular weight is 431 g/mol. The van der Waals surface area contributed by atoms with Gasteiger partial charge in [0.25, 0.3) is 10.0 Å². The van der Waals surface area contributed by atoms with Crippen molar-refractivity contribution >= 4 is 21.6 Å². The Morgan fingerprint density at radius 3 is 1.83 bits per heavy atom. The maximum absolute atomic E-state index is 13.5. The number of carbonyl (C=O) groups is 1. The van der Waals surface area contributed by atoms with Crippen LogP contribution >= 0.6 is 0 Å². The summed E-state index contributed by atoms with van der Waals surface area (Å²) in [5.74, 6) is 0.187. The zero-order valence-corrected chi connectivity index (χ0v) is 19.9. The molecule has 0 aliphatic rings. The minimum absolute atomic E-state index is 0.0272. The van der Waals surface area contributed by atoms with E-state index >= 15 is 0 Å². The van der Waals surface area contributed by atoms with Crippen LogP contribution in [0.1, 0.15) is 44.4 Å². The summed E-state index contributed by atoms with van der Waals surface area (Å²) < 4.78 is 28.2. The first kappa shape index (κ1) is 23.9. The van der Waals surface area contributed by atoms with Crippen LogP contribution in [0, 0.1) is 32.6 Å². The van der Waals surface area contributed by atoms with Gasteiger partial charge in [-0.15, -0.1) is 0 Å². The molecule has 0 aromatic heterocycles. The van der Waals surface area contributed by atoms with Gasteiger partial charge < -0.3 is 5.32 Å². The summed E-state index contributed by atoms with van der Waals surface area (Å²) >= 11 is 0. The number of nitrogens with zero attached hydrogens (tertiary/aromatic N) is 1. The fourth-order valence-corrected chi connectivity index (χ4v) is 5.12. The topological polar surface area (TPSA) is 66.5 Å². The zero-order chi connectivity index (χ0) is 22.6. The summed E-state index contributed by atoms with van der Waals surface area (Å²) in [6.45, 7) is 13.7. The van der Waals surface area contributed by atoms with Gasteiger partial charge in [0.05, 0.1) is 10.6 Å². The highest BCUT2D eigenvalue weighted by Gasteiger charge is 2.29. The molecule has 0 radical (unpaired) electrons. The second-order valence-corrected chi connectivity index (χ2v) is 10.6. The molecule has 0 aliphatic heterocycles. The molecule has 0 atom stereocenters. The van der Waals surface area contributed by atoms with Crippen LogP contribution in [-0.4, -0.2) is 26.9 Å². The van der Waals surface area contributed by atoms with Crippen molar-refractivity contribution in [2.24, 2.45) is 11.8 Å². The largest absolute Gasteiger partial charge is 0.351 e. The molecular weight excluding hydrogens is 396 g/mol. The van der Waals surface area contributed by atoms with Crippen molar-refractivity contribution in [2.75, 3.05) is 10.8 Å². The van der Waals surface area contributed by atoms with Crippen LogP contribution in [0.4, 0.5) is 5.69 Å². The zero-order valence-electron chi connectivity index (χ0n) is 19.1. The van der Waals surface area contributed by atoms with Crippen LogP contribution in [0.2, 0.25) is 0 Å². The van der Waals surface area contributed by atoms with Crippen LogP contribution in [0.15, 0.2) is 47.4 Å². The SMILES string of the molecule is Cc1ccc(S(=O)(=O)N(CC(=O)NC(C(C)C)C(C)C)c2cc(C)cc(C)c2)cc1. The summed E-state index contributed by atoms with van der Waals surface area (Å²) in [6.07, 6.45) is 0. The lowest BCUT2D eigenvalue weighted by molar-refractivity contribution is -0.121. The highest BCUT2D eigenvalue weighted by Crippen LogP contribution is 2.26. The van der Waals surface area contributed by atoms with E-state index in [4.69, 9.17) is 0 Å². The number of carbonyl (C=O) groups excluding carboxylic acids is 1. The van der Waals surface area contributed by atoms with Crippen molar-refractivity contribution in [3.63, 3.8) is 0 Å². The molecule has 0 aliphatic carbocycles. The van der Waals surface area contributed by atoms with E-state index in [9.17, 15) is 13.2 Å². The van der Waals surface area contributed by atoms with Crippen molar-refractivity contribution in [1.29, 1.82) is 0 Å². The standard InChI is InChI=1S/C24H34N2O3S/c1-16(2)24(17(3)4)25-23(27)15-26(21-13-19(6)12-20(7)14-21)30(28,29)22-10-8-18(5)9-11-22/h8-14,16-17,24H,15H2,1-7H3,(H,25,27). The number of rotatable bonds is 8. The van der Waals surface area contributed by atoms with Gasteiger partial charge in [0.1, 0.15) is 6.54 Å². The third-order valence-corrected chi connectivity index (χ3v) is 6.94. The number of sulfonamides is 1. The molecule has 0 spiro atoms. The second kappa shape index (κ2) is 9.65. The van der Waals surface area contributed by atoms with Gasteiger partial charge >= 0.3 is 0 Å². The fraction of sp³-hybridized carbons (Fsp3) is 0.458. The Morgan fingerprint density at radius 2 is 1.37 bits per heavy atom. The van der Waals surface area contributed by atoms with Gasteiger partial charge in [-0.2, -0.15) is 0 Å². The normalized spacial score (nSPS) is 11.9. The van der Waals surface area contributed by atoms with Crippen molar-refractivity contribution in [3.8, 4) is 0 Å². The van der Waals surface area contributed by atoms with Crippen LogP contribution < -0.4 is 9.62 Å². The number of aryl methyl sites for hydroxylation is 3.